The van der Waals surface area contributed by atoms with Crippen LogP contribution in [0.5, 0.6) is 0 Å². The third-order valence-electron chi connectivity index (χ3n) is 2.07. The number of nitrogens with zero attached hydrogens (tertiary/aromatic N) is 4. The number of rotatable bonds is 6. The largest absolute Gasteiger partial charge is 0.297 e. The van der Waals surface area contributed by atoms with E-state index in [0.29, 0.717) is 13.1 Å². The molecule has 0 aliphatic carbocycles. The summed E-state index contributed by atoms with van der Waals surface area (Å²) in [5.41, 5.74) is 8.11. The molecule has 0 amide bonds. The highest BCUT2D eigenvalue weighted by Gasteiger charge is 2.11. The van der Waals surface area contributed by atoms with E-state index < -0.39 is 0 Å². The van der Waals surface area contributed by atoms with Gasteiger partial charge in [0.1, 0.15) is 6.04 Å². The highest BCUT2D eigenvalue weighted by atomic mass is 32.1. The van der Waals surface area contributed by atoms with E-state index in [4.69, 9.17) is 10.8 Å². The lowest BCUT2D eigenvalue weighted by atomic mass is 10.2. The fourth-order valence-electron chi connectivity index (χ4n) is 1.25. The van der Waals surface area contributed by atoms with Crippen LogP contribution >= 0.6 is 11.3 Å². The second kappa shape index (κ2) is 6.85. The number of hydrogen-bond acceptors (Lipinski definition) is 4. The number of thiophene rings is 1. The van der Waals surface area contributed by atoms with Gasteiger partial charge in [-0.3, -0.25) is 5.32 Å². The minimum atomic E-state index is -0.306. The fraction of sp³-hybridized carbons (Fsp3) is 0.500. The molecule has 0 radical (unpaired) electrons. The van der Waals surface area contributed by atoms with Crippen LogP contribution in [-0.2, 0) is 6.42 Å². The Hall–Kier alpha value is -1.54. The monoisotopic (exact) mass is 235 g/mol. The first-order valence-corrected chi connectivity index (χ1v) is 5.86. The average Bonchev–Trinajstić information content (AvgIpc) is 2.78. The number of hydrogen-bond donors (Lipinski definition) is 1. The molecule has 0 bridgehead atoms. The van der Waals surface area contributed by atoms with Crippen molar-refractivity contribution in [2.24, 2.45) is 5.11 Å². The minimum absolute atomic E-state index is 0.306. The van der Waals surface area contributed by atoms with Gasteiger partial charge in [-0.2, -0.15) is 5.26 Å². The van der Waals surface area contributed by atoms with Crippen molar-refractivity contribution < 1.29 is 0 Å². The predicted molar refractivity (Wildman–Crippen MR) is 64.1 cm³/mol. The van der Waals surface area contributed by atoms with Gasteiger partial charge in [-0.15, -0.1) is 11.3 Å². The number of nitrogens with one attached hydrogen (secondary N) is 1. The van der Waals surface area contributed by atoms with Gasteiger partial charge in [0, 0.05) is 27.8 Å². The van der Waals surface area contributed by atoms with Crippen LogP contribution in [0.2, 0.25) is 0 Å². The second-order valence-corrected chi connectivity index (χ2v) is 4.33. The van der Waals surface area contributed by atoms with Gasteiger partial charge >= 0.3 is 0 Å². The van der Waals surface area contributed by atoms with Gasteiger partial charge in [0.2, 0.25) is 0 Å². The topological polar surface area (TPSA) is 84.6 Å². The molecule has 0 spiro atoms. The van der Waals surface area contributed by atoms with Gasteiger partial charge in [-0.1, -0.05) is 12.0 Å². The molecule has 1 atom stereocenters. The van der Waals surface area contributed by atoms with Crippen molar-refractivity contribution in [3.05, 3.63) is 32.3 Å². The number of nitriles is 1. The molecule has 1 aromatic rings. The van der Waals surface area contributed by atoms with Crippen molar-refractivity contribution >= 4 is 11.3 Å². The van der Waals surface area contributed by atoms with Crippen molar-refractivity contribution in [1.29, 1.82) is 5.26 Å². The van der Waals surface area contributed by atoms with Crippen molar-refractivity contribution in [1.82, 2.24) is 5.32 Å². The Morgan fingerprint density at radius 2 is 2.50 bits per heavy atom. The fourth-order valence-corrected chi connectivity index (χ4v) is 2.23. The Morgan fingerprint density at radius 1 is 1.69 bits per heavy atom. The smallest absolute Gasteiger partial charge is 0.130 e. The maximum absolute atomic E-state index is 9.01. The predicted octanol–water partition coefficient (Wildman–Crippen LogP) is 2.78. The van der Waals surface area contributed by atoms with Crippen LogP contribution in [0.25, 0.3) is 10.4 Å². The first-order chi connectivity index (χ1) is 7.81. The summed E-state index contributed by atoms with van der Waals surface area (Å²) in [5.74, 6) is 0. The molecule has 84 valence electrons. The molecule has 0 fully saturated rings. The lowest BCUT2D eigenvalue weighted by Crippen LogP contribution is -2.21. The van der Waals surface area contributed by atoms with Crippen LogP contribution in [-0.4, -0.2) is 13.1 Å². The third kappa shape index (κ3) is 3.55. The van der Waals surface area contributed by atoms with Gasteiger partial charge in [-0.05, 0) is 24.1 Å². The average molecular weight is 235 g/mol. The Morgan fingerprint density at radius 3 is 3.06 bits per heavy atom. The van der Waals surface area contributed by atoms with Crippen LogP contribution < -0.4 is 5.32 Å². The first-order valence-electron chi connectivity index (χ1n) is 5.04. The van der Waals surface area contributed by atoms with E-state index in [0.717, 1.165) is 11.3 Å². The zero-order valence-electron chi connectivity index (χ0n) is 9.05. The Kier molecular flexibility index (Phi) is 5.37. The van der Waals surface area contributed by atoms with Crippen LogP contribution in [0, 0.1) is 11.3 Å². The van der Waals surface area contributed by atoms with Gasteiger partial charge in [0.25, 0.3) is 0 Å². The van der Waals surface area contributed by atoms with E-state index in [9.17, 15) is 0 Å². The Bertz CT molecular complexity index is 413. The van der Waals surface area contributed by atoms with E-state index in [-0.39, 0.29) is 6.04 Å². The summed E-state index contributed by atoms with van der Waals surface area (Å²) in [6.45, 7) is 2.97. The lowest BCUT2D eigenvalue weighted by Gasteiger charge is -2.07. The highest BCUT2D eigenvalue weighted by molar-refractivity contribution is 7.12. The molecule has 0 saturated heterocycles. The number of aryl methyl sites for hydroxylation is 1. The third-order valence-corrected chi connectivity index (χ3v) is 3.36. The molecule has 0 saturated carbocycles. The van der Waals surface area contributed by atoms with Crippen molar-refractivity contribution in [2.75, 3.05) is 13.1 Å². The molecule has 1 heterocycles. The van der Waals surface area contributed by atoms with Gasteiger partial charge in [-0.25, -0.2) is 0 Å². The van der Waals surface area contributed by atoms with Crippen LogP contribution in [0.1, 0.15) is 22.7 Å². The van der Waals surface area contributed by atoms with Crippen LogP contribution in [0.4, 0.5) is 0 Å². The maximum atomic E-state index is 9.01. The molecule has 0 aliphatic heterocycles. The standard InChI is InChI=1S/C10H13N5S/c1-2-8-3-4-10(16-8)9(7-11)13-5-6-14-15-12/h3-4,9,13H,2,5-6H2,1H3. The SMILES string of the molecule is CCc1ccc(C(C#N)NCCN=[N+]=[N-])s1. The second-order valence-electron chi connectivity index (χ2n) is 3.13. The van der Waals surface area contributed by atoms with Gasteiger partial charge in [0.15, 0.2) is 0 Å². The molecule has 1 unspecified atom stereocenters. The van der Waals surface area contributed by atoms with Crippen molar-refractivity contribution in [2.45, 2.75) is 19.4 Å². The molecule has 6 heteroatoms. The zero-order valence-corrected chi connectivity index (χ0v) is 9.87. The molecule has 0 aliphatic rings. The van der Waals surface area contributed by atoms with E-state index in [1.807, 2.05) is 12.1 Å². The summed E-state index contributed by atoms with van der Waals surface area (Å²) in [6.07, 6.45) is 0.988. The summed E-state index contributed by atoms with van der Waals surface area (Å²) < 4.78 is 0. The highest BCUT2D eigenvalue weighted by Crippen LogP contribution is 2.23. The maximum Gasteiger partial charge on any atom is 0.130 e. The molecule has 5 nitrogen and oxygen atoms in total. The normalized spacial score (nSPS) is 11.5. The van der Waals surface area contributed by atoms with Gasteiger partial charge < -0.3 is 0 Å². The summed E-state index contributed by atoms with van der Waals surface area (Å²) in [6, 6.07) is 5.90. The lowest BCUT2D eigenvalue weighted by molar-refractivity contribution is 0.643. The molecular weight excluding hydrogens is 222 g/mol. The summed E-state index contributed by atoms with van der Waals surface area (Å²) in [4.78, 5) is 4.94. The summed E-state index contributed by atoms with van der Waals surface area (Å²) >= 11 is 1.64. The van der Waals surface area contributed by atoms with E-state index in [2.05, 4.69) is 28.3 Å². The minimum Gasteiger partial charge on any atom is -0.297 e. The molecule has 1 rings (SSSR count). The first kappa shape index (κ1) is 12.5. The quantitative estimate of drug-likeness (QED) is 0.356. The molecule has 16 heavy (non-hydrogen) atoms. The molecular formula is C10H13N5S. The van der Waals surface area contributed by atoms with E-state index in [1.165, 1.54) is 4.88 Å². The van der Waals surface area contributed by atoms with E-state index >= 15 is 0 Å². The zero-order chi connectivity index (χ0) is 11.8. The molecule has 0 aromatic carbocycles. The van der Waals surface area contributed by atoms with Crippen LogP contribution in [0.15, 0.2) is 17.2 Å². The number of azide groups is 1. The molecule has 1 aromatic heterocycles. The van der Waals surface area contributed by atoms with Crippen LogP contribution in [0.3, 0.4) is 0 Å². The Labute approximate surface area is 98.3 Å². The van der Waals surface area contributed by atoms with Crippen molar-refractivity contribution in [3.63, 3.8) is 0 Å². The van der Waals surface area contributed by atoms with E-state index in [1.54, 1.807) is 11.3 Å². The Balaban J connectivity index is 2.54. The van der Waals surface area contributed by atoms with Gasteiger partial charge in [0.05, 0.1) is 6.07 Å². The summed E-state index contributed by atoms with van der Waals surface area (Å²) in [5, 5.41) is 15.5. The summed E-state index contributed by atoms with van der Waals surface area (Å²) in [7, 11) is 0. The van der Waals surface area contributed by atoms with Crippen molar-refractivity contribution in [3.8, 4) is 6.07 Å². The molecule has 1 N–H and O–H groups in total.